The van der Waals surface area contributed by atoms with E-state index in [1.807, 2.05) is 18.2 Å². The number of nitrogens with two attached hydrogens (primary N) is 1. The Labute approximate surface area is 97.9 Å². The maximum absolute atomic E-state index is 5.70. The van der Waals surface area contributed by atoms with Crippen LogP contribution in [0.4, 0.5) is 0 Å². The number of para-hydroxylation sites is 1. The lowest BCUT2D eigenvalue weighted by molar-refractivity contribution is 0.722. The molecule has 2 aromatic rings. The first-order valence-corrected chi connectivity index (χ1v) is 6.49. The molecule has 0 aliphatic heterocycles. The van der Waals surface area contributed by atoms with Crippen LogP contribution in [0.3, 0.4) is 0 Å². The molecule has 2 N–H and O–H groups in total. The molecule has 0 bridgehead atoms. The molecule has 0 radical (unpaired) electrons. The molecule has 1 aromatic heterocycles. The van der Waals surface area contributed by atoms with Gasteiger partial charge < -0.3 is 5.73 Å². The van der Waals surface area contributed by atoms with Gasteiger partial charge in [-0.25, -0.2) is 4.98 Å². The monoisotopic (exact) mass is 238 g/mol. The van der Waals surface area contributed by atoms with Gasteiger partial charge in [0, 0.05) is 11.3 Å². The second-order valence-electron chi connectivity index (χ2n) is 4.01. The standard InChI is InChI=1S/C11H14N2S2/c1-11(2,7-12)15-10-13-8-5-3-4-6-9(8)14-10/h3-6H,7,12H2,1-2H3. The van der Waals surface area contributed by atoms with E-state index in [0.717, 1.165) is 9.86 Å². The van der Waals surface area contributed by atoms with Crippen LogP contribution in [-0.4, -0.2) is 16.3 Å². The van der Waals surface area contributed by atoms with Crippen LogP contribution in [0.1, 0.15) is 13.8 Å². The van der Waals surface area contributed by atoms with Gasteiger partial charge in [0.15, 0.2) is 4.34 Å². The molecular weight excluding hydrogens is 224 g/mol. The van der Waals surface area contributed by atoms with E-state index >= 15 is 0 Å². The van der Waals surface area contributed by atoms with Crippen LogP contribution in [0.2, 0.25) is 0 Å². The van der Waals surface area contributed by atoms with Crippen molar-refractivity contribution in [2.45, 2.75) is 22.9 Å². The molecule has 1 aromatic carbocycles. The lowest BCUT2D eigenvalue weighted by Crippen LogP contribution is -2.26. The Balaban J connectivity index is 2.30. The third-order valence-electron chi connectivity index (χ3n) is 2.13. The summed E-state index contributed by atoms with van der Waals surface area (Å²) in [5, 5.41) is 0. The van der Waals surface area contributed by atoms with Crippen LogP contribution in [0.5, 0.6) is 0 Å². The quantitative estimate of drug-likeness (QED) is 0.835. The summed E-state index contributed by atoms with van der Waals surface area (Å²) in [7, 11) is 0. The number of thioether (sulfide) groups is 1. The predicted octanol–water partition coefficient (Wildman–Crippen LogP) is 3.13. The number of hydrogen-bond acceptors (Lipinski definition) is 4. The van der Waals surface area contributed by atoms with Crippen molar-refractivity contribution in [2.75, 3.05) is 6.54 Å². The van der Waals surface area contributed by atoms with E-state index in [1.165, 1.54) is 4.70 Å². The van der Waals surface area contributed by atoms with Crippen molar-refractivity contribution in [3.05, 3.63) is 24.3 Å². The van der Waals surface area contributed by atoms with Gasteiger partial charge in [0.05, 0.1) is 10.2 Å². The van der Waals surface area contributed by atoms with E-state index in [9.17, 15) is 0 Å². The van der Waals surface area contributed by atoms with Crippen LogP contribution in [0, 0.1) is 0 Å². The molecule has 15 heavy (non-hydrogen) atoms. The van der Waals surface area contributed by atoms with Crippen LogP contribution in [0.15, 0.2) is 28.6 Å². The van der Waals surface area contributed by atoms with Crippen molar-refractivity contribution in [1.29, 1.82) is 0 Å². The van der Waals surface area contributed by atoms with Crippen molar-refractivity contribution in [3.8, 4) is 0 Å². The topological polar surface area (TPSA) is 38.9 Å². The average molecular weight is 238 g/mol. The highest BCUT2D eigenvalue weighted by Gasteiger charge is 2.19. The van der Waals surface area contributed by atoms with Crippen LogP contribution >= 0.6 is 23.1 Å². The molecule has 0 atom stereocenters. The van der Waals surface area contributed by atoms with Gasteiger partial charge in [0.2, 0.25) is 0 Å². The molecule has 80 valence electrons. The molecule has 0 spiro atoms. The SMILES string of the molecule is CC(C)(CN)Sc1nc2ccccc2s1. The summed E-state index contributed by atoms with van der Waals surface area (Å²) in [4.78, 5) is 4.57. The predicted molar refractivity (Wildman–Crippen MR) is 68.6 cm³/mol. The summed E-state index contributed by atoms with van der Waals surface area (Å²) in [5.41, 5.74) is 6.79. The molecular formula is C11H14N2S2. The van der Waals surface area contributed by atoms with Gasteiger partial charge in [-0.3, -0.25) is 0 Å². The van der Waals surface area contributed by atoms with Gasteiger partial charge >= 0.3 is 0 Å². The third kappa shape index (κ3) is 2.51. The van der Waals surface area contributed by atoms with Crippen LogP contribution in [0.25, 0.3) is 10.2 Å². The molecule has 0 aliphatic carbocycles. The van der Waals surface area contributed by atoms with Gasteiger partial charge in [-0.05, 0) is 26.0 Å². The fraction of sp³-hybridized carbons (Fsp3) is 0.364. The molecule has 0 fully saturated rings. The highest BCUT2D eigenvalue weighted by atomic mass is 32.2. The minimum absolute atomic E-state index is 0.0634. The van der Waals surface area contributed by atoms with Crippen molar-refractivity contribution < 1.29 is 0 Å². The largest absolute Gasteiger partial charge is 0.329 e. The van der Waals surface area contributed by atoms with Gasteiger partial charge in [-0.2, -0.15) is 0 Å². The summed E-state index contributed by atoms with van der Waals surface area (Å²) in [6, 6.07) is 8.21. The zero-order valence-electron chi connectivity index (χ0n) is 8.86. The lowest BCUT2D eigenvalue weighted by atomic mass is 10.2. The van der Waals surface area contributed by atoms with E-state index in [2.05, 4.69) is 24.9 Å². The summed E-state index contributed by atoms with van der Waals surface area (Å²) < 4.78 is 2.41. The number of rotatable bonds is 3. The second-order valence-corrected chi connectivity index (χ2v) is 7.00. The van der Waals surface area contributed by atoms with E-state index in [0.29, 0.717) is 6.54 Å². The summed E-state index contributed by atoms with van der Waals surface area (Å²) >= 11 is 3.49. The zero-order valence-corrected chi connectivity index (χ0v) is 10.5. The number of nitrogens with zero attached hydrogens (tertiary/aromatic N) is 1. The van der Waals surface area contributed by atoms with Gasteiger partial charge in [0.25, 0.3) is 0 Å². The number of thiazole rings is 1. The maximum atomic E-state index is 5.70. The first-order chi connectivity index (χ1) is 7.11. The first-order valence-electron chi connectivity index (χ1n) is 4.85. The molecule has 2 nitrogen and oxygen atoms in total. The van der Waals surface area contributed by atoms with Crippen LogP contribution < -0.4 is 5.73 Å². The average Bonchev–Trinajstić information content (AvgIpc) is 2.58. The van der Waals surface area contributed by atoms with E-state index in [-0.39, 0.29) is 4.75 Å². The highest BCUT2D eigenvalue weighted by molar-refractivity contribution is 8.02. The minimum atomic E-state index is 0.0634. The van der Waals surface area contributed by atoms with Crippen molar-refractivity contribution in [2.24, 2.45) is 5.73 Å². The summed E-state index contributed by atoms with van der Waals surface area (Å²) in [6.45, 7) is 4.95. The third-order valence-corrected chi connectivity index (χ3v) is 4.45. The van der Waals surface area contributed by atoms with Crippen molar-refractivity contribution in [3.63, 3.8) is 0 Å². The Morgan fingerprint density at radius 3 is 2.80 bits per heavy atom. The Kier molecular flexibility index (Phi) is 3.00. The number of fused-ring (bicyclic) bond motifs is 1. The minimum Gasteiger partial charge on any atom is -0.329 e. The number of aromatic nitrogens is 1. The molecule has 4 heteroatoms. The Hall–Kier alpha value is -0.580. The maximum Gasteiger partial charge on any atom is 0.151 e. The fourth-order valence-corrected chi connectivity index (χ4v) is 3.68. The lowest BCUT2D eigenvalue weighted by Gasteiger charge is -2.19. The smallest absolute Gasteiger partial charge is 0.151 e. The molecule has 0 saturated carbocycles. The van der Waals surface area contributed by atoms with Gasteiger partial charge in [0.1, 0.15) is 0 Å². The number of hydrogen-bond donors (Lipinski definition) is 1. The Morgan fingerprint density at radius 1 is 1.40 bits per heavy atom. The Morgan fingerprint density at radius 2 is 2.13 bits per heavy atom. The molecule has 0 unspecified atom stereocenters. The molecule has 2 rings (SSSR count). The number of benzene rings is 1. The van der Waals surface area contributed by atoms with E-state index in [4.69, 9.17) is 5.73 Å². The van der Waals surface area contributed by atoms with Crippen molar-refractivity contribution in [1.82, 2.24) is 4.98 Å². The molecule has 0 saturated heterocycles. The second kappa shape index (κ2) is 4.12. The molecule has 0 amide bonds. The van der Waals surface area contributed by atoms with Crippen LogP contribution in [-0.2, 0) is 0 Å². The Bertz CT molecular complexity index is 429. The summed E-state index contributed by atoms with van der Waals surface area (Å²) in [6.07, 6.45) is 0. The molecule has 1 heterocycles. The normalized spacial score (nSPS) is 12.2. The highest BCUT2D eigenvalue weighted by Crippen LogP contribution is 2.36. The summed E-state index contributed by atoms with van der Waals surface area (Å²) in [5.74, 6) is 0. The van der Waals surface area contributed by atoms with Gasteiger partial charge in [-0.1, -0.05) is 23.9 Å². The van der Waals surface area contributed by atoms with Crippen molar-refractivity contribution >= 4 is 33.3 Å². The van der Waals surface area contributed by atoms with Gasteiger partial charge in [-0.15, -0.1) is 11.3 Å². The molecule has 0 aliphatic rings. The zero-order chi connectivity index (χ0) is 10.9. The van der Waals surface area contributed by atoms with E-state index < -0.39 is 0 Å². The van der Waals surface area contributed by atoms with E-state index in [1.54, 1.807) is 23.1 Å². The first kappa shape index (κ1) is 10.9. The fourth-order valence-electron chi connectivity index (χ4n) is 1.17.